The van der Waals surface area contributed by atoms with E-state index in [0.717, 1.165) is 5.56 Å². The van der Waals surface area contributed by atoms with Crippen molar-refractivity contribution < 1.29 is 22.7 Å². The lowest BCUT2D eigenvalue weighted by Gasteiger charge is -2.05. The van der Waals surface area contributed by atoms with Crippen molar-refractivity contribution in [2.45, 2.75) is 11.8 Å². The fourth-order valence-electron chi connectivity index (χ4n) is 1.79. The van der Waals surface area contributed by atoms with Crippen molar-refractivity contribution in [2.75, 3.05) is 13.7 Å². The van der Waals surface area contributed by atoms with Crippen LogP contribution in [0.4, 0.5) is 0 Å². The van der Waals surface area contributed by atoms with Crippen molar-refractivity contribution in [2.24, 2.45) is 5.10 Å². The van der Waals surface area contributed by atoms with E-state index in [4.69, 9.17) is 4.74 Å². The van der Waals surface area contributed by atoms with Gasteiger partial charge >= 0.3 is 5.97 Å². The van der Waals surface area contributed by atoms with E-state index in [9.17, 15) is 13.2 Å². The minimum absolute atomic E-state index is 0.141. The highest BCUT2D eigenvalue weighted by Crippen LogP contribution is 2.12. The van der Waals surface area contributed by atoms with E-state index in [0.29, 0.717) is 11.3 Å². The van der Waals surface area contributed by atoms with Crippen molar-refractivity contribution in [3.05, 3.63) is 59.7 Å². The van der Waals surface area contributed by atoms with Gasteiger partial charge in [-0.15, -0.1) is 0 Å². The Labute approximate surface area is 146 Å². The molecular weight excluding hydrogens is 344 g/mol. The van der Waals surface area contributed by atoms with Gasteiger partial charge in [-0.05, 0) is 48.9 Å². The van der Waals surface area contributed by atoms with Crippen LogP contribution >= 0.6 is 0 Å². The monoisotopic (exact) mass is 362 g/mol. The molecule has 0 unspecified atom stereocenters. The first-order valence-electron chi connectivity index (χ1n) is 7.32. The molecule has 0 atom stereocenters. The Balaban J connectivity index is 1.95. The number of carbonyl (C=O) groups excluding carboxylic acids is 1. The Bertz CT molecular complexity index is 844. The van der Waals surface area contributed by atoms with E-state index in [1.165, 1.54) is 25.5 Å². The molecule has 0 aliphatic rings. The minimum Gasteiger partial charge on any atom is -0.482 e. The summed E-state index contributed by atoms with van der Waals surface area (Å²) in [6, 6.07) is 13.1. The number of rotatable bonds is 7. The van der Waals surface area contributed by atoms with Gasteiger partial charge in [0.2, 0.25) is 0 Å². The topological polar surface area (TPSA) is 94.1 Å². The number of hydrogen-bond donors (Lipinski definition) is 1. The number of aryl methyl sites for hydroxylation is 1. The predicted octanol–water partition coefficient (Wildman–Crippen LogP) is 1.86. The van der Waals surface area contributed by atoms with Crippen LogP contribution in [-0.4, -0.2) is 34.3 Å². The van der Waals surface area contributed by atoms with Crippen LogP contribution in [0.15, 0.2) is 58.5 Å². The maximum atomic E-state index is 12.1. The molecule has 0 spiro atoms. The van der Waals surface area contributed by atoms with Crippen molar-refractivity contribution >= 4 is 22.2 Å². The van der Waals surface area contributed by atoms with Crippen LogP contribution < -0.4 is 9.57 Å². The number of ether oxygens (including phenoxy) is 2. The summed E-state index contributed by atoms with van der Waals surface area (Å²) >= 11 is 0. The molecule has 2 rings (SSSR count). The predicted molar refractivity (Wildman–Crippen MR) is 93.0 cm³/mol. The van der Waals surface area contributed by atoms with Crippen LogP contribution in [0, 0.1) is 6.92 Å². The lowest BCUT2D eigenvalue weighted by Crippen LogP contribution is -2.18. The van der Waals surface area contributed by atoms with Gasteiger partial charge in [-0.25, -0.2) is 9.63 Å². The number of esters is 1. The zero-order valence-electron chi connectivity index (χ0n) is 13.8. The summed E-state index contributed by atoms with van der Waals surface area (Å²) in [5, 5.41) is 3.75. The molecule has 132 valence electrons. The van der Waals surface area contributed by atoms with Gasteiger partial charge in [0.05, 0.1) is 18.2 Å². The normalized spacial score (nSPS) is 11.3. The fourth-order valence-corrected chi connectivity index (χ4v) is 2.58. The number of methoxy groups -OCH3 is 1. The lowest BCUT2D eigenvalue weighted by molar-refractivity contribution is -0.142. The maximum absolute atomic E-state index is 12.1. The first-order valence-corrected chi connectivity index (χ1v) is 8.80. The Morgan fingerprint density at radius 3 is 2.36 bits per heavy atom. The van der Waals surface area contributed by atoms with E-state index < -0.39 is 16.0 Å². The second kappa shape index (κ2) is 8.29. The van der Waals surface area contributed by atoms with Gasteiger partial charge in [-0.1, -0.05) is 17.7 Å². The molecule has 0 aliphatic carbocycles. The quantitative estimate of drug-likeness (QED) is 0.461. The van der Waals surface area contributed by atoms with E-state index in [1.807, 2.05) is 6.92 Å². The molecule has 0 aliphatic heterocycles. The van der Waals surface area contributed by atoms with Gasteiger partial charge in [0.15, 0.2) is 6.61 Å². The van der Waals surface area contributed by atoms with Gasteiger partial charge in [0.1, 0.15) is 5.75 Å². The molecule has 0 fully saturated rings. The number of hydrazone groups is 1. The average molecular weight is 362 g/mol. The second-order valence-corrected chi connectivity index (χ2v) is 6.76. The van der Waals surface area contributed by atoms with Crippen LogP contribution in [0.1, 0.15) is 11.1 Å². The molecule has 0 bridgehead atoms. The van der Waals surface area contributed by atoms with Gasteiger partial charge in [0.25, 0.3) is 10.0 Å². The summed E-state index contributed by atoms with van der Waals surface area (Å²) in [4.78, 5) is 13.3. The maximum Gasteiger partial charge on any atom is 0.343 e. The number of benzene rings is 2. The average Bonchev–Trinajstić information content (AvgIpc) is 2.61. The highest BCUT2D eigenvalue weighted by atomic mass is 32.2. The molecule has 8 heteroatoms. The van der Waals surface area contributed by atoms with Gasteiger partial charge in [0, 0.05) is 0 Å². The molecule has 0 aromatic heterocycles. The first kappa shape index (κ1) is 18.5. The minimum atomic E-state index is -3.70. The van der Waals surface area contributed by atoms with E-state index in [2.05, 4.69) is 14.7 Å². The summed E-state index contributed by atoms with van der Waals surface area (Å²) in [5.74, 6) is 0.0129. The van der Waals surface area contributed by atoms with Crippen LogP contribution in [0.3, 0.4) is 0 Å². The van der Waals surface area contributed by atoms with Gasteiger partial charge in [-0.2, -0.15) is 13.5 Å². The molecule has 1 N–H and O–H groups in total. The van der Waals surface area contributed by atoms with Crippen molar-refractivity contribution in [3.8, 4) is 5.75 Å². The van der Waals surface area contributed by atoms with Gasteiger partial charge < -0.3 is 9.47 Å². The molecule has 0 saturated carbocycles. The van der Waals surface area contributed by atoms with E-state index in [1.54, 1.807) is 36.4 Å². The number of nitrogens with one attached hydrogen (secondary N) is 1. The number of nitrogens with zero attached hydrogens (tertiary/aromatic N) is 1. The first-order chi connectivity index (χ1) is 11.9. The molecule has 25 heavy (non-hydrogen) atoms. The number of sulfonamides is 1. The van der Waals surface area contributed by atoms with E-state index in [-0.39, 0.29) is 11.5 Å². The molecule has 0 saturated heterocycles. The highest BCUT2D eigenvalue weighted by molar-refractivity contribution is 7.89. The van der Waals surface area contributed by atoms with Crippen LogP contribution in [0.5, 0.6) is 5.75 Å². The van der Waals surface area contributed by atoms with Crippen LogP contribution in [0.2, 0.25) is 0 Å². The molecule has 2 aromatic rings. The smallest absolute Gasteiger partial charge is 0.343 e. The SMILES string of the molecule is COC(=O)COc1ccc(/C=N\NS(=O)(=O)c2ccc(C)cc2)cc1. The molecule has 0 heterocycles. The van der Waals surface area contributed by atoms with Crippen molar-refractivity contribution in [3.63, 3.8) is 0 Å². The Morgan fingerprint density at radius 2 is 1.76 bits per heavy atom. The Hall–Kier alpha value is -2.87. The number of hydrogen-bond acceptors (Lipinski definition) is 6. The molecule has 2 aromatic carbocycles. The fraction of sp³-hybridized carbons (Fsp3) is 0.176. The zero-order chi connectivity index (χ0) is 18.3. The van der Waals surface area contributed by atoms with Crippen LogP contribution in [0.25, 0.3) is 0 Å². The molecular formula is C17H18N2O5S. The summed E-state index contributed by atoms with van der Waals surface area (Å²) in [6.07, 6.45) is 1.37. The largest absolute Gasteiger partial charge is 0.482 e. The summed E-state index contributed by atoms with van der Waals surface area (Å²) in [7, 11) is -2.42. The molecule has 0 amide bonds. The zero-order valence-corrected chi connectivity index (χ0v) is 14.6. The second-order valence-electron chi connectivity index (χ2n) is 5.10. The third-order valence-corrected chi connectivity index (χ3v) is 4.42. The lowest BCUT2D eigenvalue weighted by atomic mass is 10.2. The number of carbonyl (C=O) groups is 1. The van der Waals surface area contributed by atoms with Crippen molar-refractivity contribution in [1.82, 2.24) is 4.83 Å². The Kier molecular flexibility index (Phi) is 6.13. The van der Waals surface area contributed by atoms with Crippen LogP contribution in [-0.2, 0) is 19.6 Å². The summed E-state index contributed by atoms with van der Waals surface area (Å²) in [5.41, 5.74) is 1.63. The molecule has 7 nitrogen and oxygen atoms in total. The summed E-state index contributed by atoms with van der Waals surface area (Å²) in [6.45, 7) is 1.70. The standard InChI is InChI=1S/C17H18N2O5S/c1-13-3-9-16(10-4-13)25(21,22)19-18-11-14-5-7-15(8-6-14)24-12-17(20)23-2/h3-11,19H,12H2,1-2H3/b18-11-. The molecule has 0 radical (unpaired) electrons. The third-order valence-electron chi connectivity index (χ3n) is 3.18. The Morgan fingerprint density at radius 1 is 1.12 bits per heavy atom. The van der Waals surface area contributed by atoms with Gasteiger partial charge in [-0.3, -0.25) is 0 Å². The summed E-state index contributed by atoms with van der Waals surface area (Å²) < 4.78 is 33.8. The third kappa shape index (κ3) is 5.61. The highest BCUT2D eigenvalue weighted by Gasteiger charge is 2.11. The van der Waals surface area contributed by atoms with Crippen molar-refractivity contribution in [1.29, 1.82) is 0 Å². The van der Waals surface area contributed by atoms with E-state index >= 15 is 0 Å².